The van der Waals surface area contributed by atoms with Gasteiger partial charge < -0.3 is 5.11 Å². The van der Waals surface area contributed by atoms with Crippen LogP contribution in [-0.4, -0.2) is 43.8 Å². The minimum Gasteiger partial charge on any atom is -0.481 e. The topological polar surface area (TPSA) is 71.2 Å². The number of likely N-dealkylation sites (tertiary alicyclic amines) is 1. The predicted octanol–water partition coefficient (Wildman–Crippen LogP) is 0.205. The first-order valence-corrected chi connectivity index (χ1v) is 5.52. The van der Waals surface area contributed by atoms with Crippen molar-refractivity contribution in [1.82, 2.24) is 19.7 Å². The fraction of sp³-hybridized carbons (Fsp3) is 0.700. The quantitative estimate of drug-likeness (QED) is 0.773. The molecule has 1 aromatic rings. The highest BCUT2D eigenvalue weighted by Gasteiger charge is 2.32. The number of rotatable bonds is 5. The summed E-state index contributed by atoms with van der Waals surface area (Å²) in [5.74, 6) is 0.0134. The van der Waals surface area contributed by atoms with Crippen molar-refractivity contribution in [1.29, 1.82) is 0 Å². The van der Waals surface area contributed by atoms with Gasteiger partial charge in [-0.1, -0.05) is 6.92 Å². The Morgan fingerprint density at radius 2 is 2.38 bits per heavy atom. The Hall–Kier alpha value is -1.43. The molecule has 0 aliphatic carbocycles. The van der Waals surface area contributed by atoms with Crippen molar-refractivity contribution in [2.75, 3.05) is 13.1 Å². The van der Waals surface area contributed by atoms with E-state index in [-0.39, 0.29) is 5.92 Å². The Bertz CT molecular complexity index is 371. The number of carbonyl (C=O) groups is 1. The Morgan fingerprint density at radius 1 is 1.62 bits per heavy atom. The van der Waals surface area contributed by atoms with Crippen LogP contribution in [0.4, 0.5) is 0 Å². The van der Waals surface area contributed by atoms with Crippen LogP contribution < -0.4 is 0 Å². The van der Waals surface area contributed by atoms with Crippen LogP contribution in [-0.2, 0) is 17.9 Å². The van der Waals surface area contributed by atoms with Gasteiger partial charge in [-0.05, 0) is 6.42 Å². The third-order valence-electron chi connectivity index (χ3n) is 2.80. The van der Waals surface area contributed by atoms with Gasteiger partial charge in [-0.3, -0.25) is 9.69 Å². The molecule has 0 atom stereocenters. The summed E-state index contributed by atoms with van der Waals surface area (Å²) in [6.07, 6.45) is 2.58. The van der Waals surface area contributed by atoms with Crippen molar-refractivity contribution >= 4 is 5.97 Å². The van der Waals surface area contributed by atoms with E-state index in [0.717, 1.165) is 18.8 Å². The summed E-state index contributed by atoms with van der Waals surface area (Å²) in [5.41, 5.74) is 0. The molecule has 1 aliphatic heterocycles. The zero-order chi connectivity index (χ0) is 11.5. The van der Waals surface area contributed by atoms with E-state index >= 15 is 0 Å². The molecule has 0 spiro atoms. The van der Waals surface area contributed by atoms with Crippen LogP contribution in [0.1, 0.15) is 19.2 Å². The largest absolute Gasteiger partial charge is 0.481 e. The molecular formula is C10H16N4O2. The lowest BCUT2D eigenvalue weighted by molar-refractivity contribution is -0.147. The Kier molecular flexibility index (Phi) is 3.19. The molecule has 88 valence electrons. The minimum absolute atomic E-state index is 0.206. The predicted molar refractivity (Wildman–Crippen MR) is 56.7 cm³/mol. The van der Waals surface area contributed by atoms with Gasteiger partial charge in [0.05, 0.1) is 12.5 Å². The van der Waals surface area contributed by atoms with E-state index in [1.54, 1.807) is 6.33 Å². The highest BCUT2D eigenvalue weighted by atomic mass is 16.4. The van der Waals surface area contributed by atoms with Crippen molar-refractivity contribution in [2.24, 2.45) is 5.92 Å². The molecule has 0 bridgehead atoms. The summed E-state index contributed by atoms with van der Waals surface area (Å²) < 4.78 is 1.88. The van der Waals surface area contributed by atoms with E-state index in [1.807, 2.05) is 4.68 Å². The zero-order valence-electron chi connectivity index (χ0n) is 9.33. The van der Waals surface area contributed by atoms with Gasteiger partial charge in [0, 0.05) is 19.6 Å². The molecule has 1 aliphatic rings. The molecule has 0 saturated carbocycles. The van der Waals surface area contributed by atoms with E-state index in [9.17, 15) is 4.79 Å². The highest BCUT2D eigenvalue weighted by molar-refractivity contribution is 5.71. The van der Waals surface area contributed by atoms with Crippen molar-refractivity contribution in [3.8, 4) is 0 Å². The highest BCUT2D eigenvalue weighted by Crippen LogP contribution is 2.17. The number of aliphatic carboxylic acids is 1. The molecule has 0 aromatic carbocycles. The van der Waals surface area contributed by atoms with E-state index in [1.165, 1.54) is 0 Å². The van der Waals surface area contributed by atoms with Crippen LogP contribution in [0.5, 0.6) is 0 Å². The Morgan fingerprint density at radius 3 is 3.00 bits per heavy atom. The van der Waals surface area contributed by atoms with Gasteiger partial charge in [0.25, 0.3) is 0 Å². The minimum atomic E-state index is -0.703. The molecule has 2 rings (SSSR count). The maximum atomic E-state index is 10.6. The molecule has 16 heavy (non-hydrogen) atoms. The average molecular weight is 224 g/mol. The molecule has 0 amide bonds. The number of hydrogen-bond donors (Lipinski definition) is 1. The van der Waals surface area contributed by atoms with Crippen molar-refractivity contribution in [2.45, 2.75) is 26.4 Å². The second-order valence-electron chi connectivity index (χ2n) is 4.13. The smallest absolute Gasteiger partial charge is 0.309 e. The van der Waals surface area contributed by atoms with E-state index in [4.69, 9.17) is 5.11 Å². The lowest BCUT2D eigenvalue weighted by atomic mass is 10.0. The Balaban J connectivity index is 1.86. The van der Waals surface area contributed by atoms with E-state index in [2.05, 4.69) is 21.9 Å². The summed E-state index contributed by atoms with van der Waals surface area (Å²) in [6, 6.07) is 0. The second kappa shape index (κ2) is 4.61. The molecule has 6 heteroatoms. The average Bonchev–Trinajstić information content (AvgIpc) is 2.58. The van der Waals surface area contributed by atoms with Crippen LogP contribution in [0, 0.1) is 5.92 Å². The molecule has 1 N–H and O–H groups in total. The number of carboxylic acids is 1. The summed E-state index contributed by atoms with van der Waals surface area (Å²) in [5, 5.41) is 12.9. The Labute approximate surface area is 93.9 Å². The van der Waals surface area contributed by atoms with Gasteiger partial charge in [-0.2, -0.15) is 5.10 Å². The van der Waals surface area contributed by atoms with Gasteiger partial charge in [0.2, 0.25) is 0 Å². The summed E-state index contributed by atoms with van der Waals surface area (Å²) in [7, 11) is 0. The number of nitrogens with zero attached hydrogens (tertiary/aromatic N) is 4. The number of aryl methyl sites for hydroxylation is 1. The summed E-state index contributed by atoms with van der Waals surface area (Å²) in [4.78, 5) is 16.9. The third-order valence-corrected chi connectivity index (χ3v) is 2.80. The third kappa shape index (κ3) is 2.21. The first kappa shape index (κ1) is 11.1. The summed E-state index contributed by atoms with van der Waals surface area (Å²) in [6.45, 7) is 4.90. The lowest BCUT2D eigenvalue weighted by Gasteiger charge is -2.36. The second-order valence-corrected chi connectivity index (χ2v) is 4.13. The van der Waals surface area contributed by atoms with Gasteiger partial charge in [-0.15, -0.1) is 0 Å². The first-order valence-electron chi connectivity index (χ1n) is 5.52. The fourth-order valence-corrected chi connectivity index (χ4v) is 1.86. The maximum absolute atomic E-state index is 10.6. The van der Waals surface area contributed by atoms with Crippen molar-refractivity contribution < 1.29 is 9.90 Å². The number of hydrogen-bond acceptors (Lipinski definition) is 4. The molecule has 1 aromatic heterocycles. The SMILES string of the molecule is CCCn1ncnc1CN1CC(C(=O)O)C1. The van der Waals surface area contributed by atoms with Crippen molar-refractivity contribution in [3.63, 3.8) is 0 Å². The number of carboxylic acid groups (broad SMARTS) is 1. The molecule has 0 unspecified atom stereocenters. The first-order chi connectivity index (χ1) is 7.70. The van der Waals surface area contributed by atoms with Gasteiger partial charge in [0.15, 0.2) is 0 Å². The van der Waals surface area contributed by atoms with Crippen molar-refractivity contribution in [3.05, 3.63) is 12.2 Å². The van der Waals surface area contributed by atoms with Gasteiger partial charge in [-0.25, -0.2) is 9.67 Å². The monoisotopic (exact) mass is 224 g/mol. The van der Waals surface area contributed by atoms with Crippen LogP contribution in [0.25, 0.3) is 0 Å². The standard InChI is InChI=1S/C10H16N4O2/c1-2-3-14-9(11-7-12-14)6-13-4-8(5-13)10(15)16/h7-8H,2-6H2,1H3,(H,15,16). The molecule has 1 saturated heterocycles. The molecule has 6 nitrogen and oxygen atoms in total. The van der Waals surface area contributed by atoms with Crippen LogP contribution in [0.15, 0.2) is 6.33 Å². The summed E-state index contributed by atoms with van der Waals surface area (Å²) >= 11 is 0. The molecule has 2 heterocycles. The van der Waals surface area contributed by atoms with E-state index < -0.39 is 5.97 Å². The molecule has 0 radical (unpaired) electrons. The zero-order valence-corrected chi connectivity index (χ0v) is 9.33. The normalized spacial score (nSPS) is 17.3. The molecular weight excluding hydrogens is 208 g/mol. The van der Waals surface area contributed by atoms with Gasteiger partial charge in [0.1, 0.15) is 12.2 Å². The maximum Gasteiger partial charge on any atom is 0.309 e. The van der Waals surface area contributed by atoms with Crippen LogP contribution in [0.2, 0.25) is 0 Å². The van der Waals surface area contributed by atoms with E-state index in [0.29, 0.717) is 19.6 Å². The fourth-order valence-electron chi connectivity index (χ4n) is 1.86. The van der Waals surface area contributed by atoms with Crippen LogP contribution in [0.3, 0.4) is 0 Å². The molecule has 1 fully saturated rings. The van der Waals surface area contributed by atoms with Gasteiger partial charge >= 0.3 is 5.97 Å². The number of aromatic nitrogens is 3. The lowest BCUT2D eigenvalue weighted by Crippen LogP contribution is -2.49. The van der Waals surface area contributed by atoms with Crippen LogP contribution >= 0.6 is 0 Å².